The van der Waals surface area contributed by atoms with Gasteiger partial charge in [-0.05, 0) is 6.08 Å². The molecule has 1 saturated heterocycles. The van der Waals surface area contributed by atoms with Gasteiger partial charge in [0.25, 0.3) is 5.91 Å². The molecule has 17 heavy (non-hydrogen) atoms. The number of carboxylic acids is 1. The number of aliphatic imine (C=N–C) groups is 1. The second-order valence-corrected chi connectivity index (χ2v) is 3.10. The number of amides is 1. The van der Waals surface area contributed by atoms with Crippen molar-refractivity contribution in [2.24, 2.45) is 10.9 Å². The van der Waals surface area contributed by atoms with E-state index in [0.717, 1.165) is 5.70 Å². The lowest BCUT2D eigenvalue weighted by Gasteiger charge is -2.06. The van der Waals surface area contributed by atoms with Crippen LogP contribution in [-0.2, 0) is 9.59 Å². The summed E-state index contributed by atoms with van der Waals surface area (Å²) in [5.41, 5.74) is 6.69. The van der Waals surface area contributed by atoms with Crippen LogP contribution in [0.3, 0.4) is 0 Å². The number of carbonyl (C=O) groups is 2. The first-order valence-corrected chi connectivity index (χ1v) is 4.39. The molecule has 3 N–H and O–H groups in total. The van der Waals surface area contributed by atoms with Gasteiger partial charge in [0.1, 0.15) is 0 Å². The third kappa shape index (κ3) is 3.55. The number of alkyl halides is 3. The molecule has 2 aliphatic heterocycles. The summed E-state index contributed by atoms with van der Waals surface area (Å²) in [7, 11) is 0. The monoisotopic (exact) mass is 251 g/mol. The first-order chi connectivity index (χ1) is 7.82. The summed E-state index contributed by atoms with van der Waals surface area (Å²) in [6.45, 7) is 0.655. The van der Waals surface area contributed by atoms with Crippen LogP contribution >= 0.6 is 0 Å². The zero-order chi connectivity index (χ0) is 13.1. The van der Waals surface area contributed by atoms with E-state index in [2.05, 4.69) is 15.8 Å². The predicted octanol–water partition coefficient (Wildman–Crippen LogP) is -0.161. The number of nitrogens with one attached hydrogen (secondary N) is 2. The lowest BCUT2D eigenvalue weighted by molar-refractivity contribution is -0.192. The number of carbonyl (C=O) groups excluding carboxylic acids is 1. The van der Waals surface area contributed by atoms with Crippen molar-refractivity contribution in [2.75, 3.05) is 6.54 Å². The number of hydrogen-bond donors (Lipinski definition) is 3. The van der Waals surface area contributed by atoms with Crippen LogP contribution in [0.5, 0.6) is 0 Å². The number of rotatable bonds is 0. The third-order valence-corrected chi connectivity index (χ3v) is 1.91. The van der Waals surface area contributed by atoms with Gasteiger partial charge in [-0.25, -0.2) is 15.2 Å². The molecule has 9 heteroatoms. The number of nitrogens with zero attached hydrogens (tertiary/aromatic N) is 1. The van der Waals surface area contributed by atoms with Crippen molar-refractivity contribution in [1.82, 2.24) is 10.9 Å². The average Bonchev–Trinajstić information content (AvgIpc) is 2.66. The van der Waals surface area contributed by atoms with E-state index in [1.165, 1.54) is 6.21 Å². The maximum Gasteiger partial charge on any atom is 0.490 e. The van der Waals surface area contributed by atoms with Gasteiger partial charge in [0, 0.05) is 18.5 Å². The smallest absolute Gasteiger partial charge is 0.475 e. The zero-order valence-electron chi connectivity index (χ0n) is 8.28. The standard InChI is InChI=1S/C6H7N3O.C2HF3O2/c10-6-4-3-8-9-5(4)1-2-7-6;3-2(4,5)1(6)7/h1-2,4,8-9H,3H2;(H,6,7). The summed E-state index contributed by atoms with van der Waals surface area (Å²) in [5, 5.41) is 7.12. The Bertz CT molecular complexity index is 389. The predicted molar refractivity (Wildman–Crippen MR) is 49.9 cm³/mol. The number of allylic oxidation sites excluding steroid dienone is 1. The third-order valence-electron chi connectivity index (χ3n) is 1.91. The molecule has 1 unspecified atom stereocenters. The normalized spacial score (nSPS) is 21.9. The van der Waals surface area contributed by atoms with E-state index in [0.29, 0.717) is 6.54 Å². The maximum atomic E-state index is 11.0. The topological polar surface area (TPSA) is 90.8 Å². The molecule has 0 radical (unpaired) electrons. The van der Waals surface area contributed by atoms with Gasteiger partial charge in [-0.3, -0.25) is 4.79 Å². The van der Waals surface area contributed by atoms with Crippen LogP contribution in [0.1, 0.15) is 0 Å². The summed E-state index contributed by atoms with van der Waals surface area (Å²) in [6.07, 6.45) is -1.75. The number of hydrogen-bond acceptors (Lipinski definition) is 4. The van der Waals surface area contributed by atoms with Gasteiger partial charge in [0.2, 0.25) is 0 Å². The van der Waals surface area contributed by atoms with Gasteiger partial charge < -0.3 is 10.5 Å². The van der Waals surface area contributed by atoms with Crippen molar-refractivity contribution < 1.29 is 27.9 Å². The molecule has 2 aliphatic rings. The molecule has 94 valence electrons. The molecule has 0 aromatic heterocycles. The van der Waals surface area contributed by atoms with Crippen LogP contribution < -0.4 is 10.9 Å². The second kappa shape index (κ2) is 4.95. The molecular formula is C8H8F3N3O3. The molecule has 0 bridgehead atoms. The lowest BCUT2D eigenvalue weighted by Crippen LogP contribution is -2.21. The fourth-order valence-electron chi connectivity index (χ4n) is 1.11. The van der Waals surface area contributed by atoms with Gasteiger partial charge in [0.05, 0.1) is 5.92 Å². The van der Waals surface area contributed by atoms with E-state index >= 15 is 0 Å². The summed E-state index contributed by atoms with van der Waals surface area (Å²) in [4.78, 5) is 23.5. The summed E-state index contributed by atoms with van der Waals surface area (Å²) >= 11 is 0. The fraction of sp³-hybridized carbons (Fsp3) is 0.375. The highest BCUT2D eigenvalue weighted by Crippen LogP contribution is 2.15. The number of dihydropyridines is 1. The molecule has 1 fully saturated rings. The second-order valence-electron chi connectivity index (χ2n) is 3.10. The lowest BCUT2D eigenvalue weighted by atomic mass is 10.1. The number of fused-ring (bicyclic) bond motifs is 1. The van der Waals surface area contributed by atoms with Gasteiger partial charge >= 0.3 is 12.1 Å². The Morgan fingerprint density at radius 1 is 1.53 bits per heavy atom. The van der Waals surface area contributed by atoms with E-state index in [1.807, 2.05) is 6.08 Å². The van der Waals surface area contributed by atoms with Crippen LogP contribution in [-0.4, -0.2) is 35.9 Å². The minimum Gasteiger partial charge on any atom is -0.475 e. The summed E-state index contributed by atoms with van der Waals surface area (Å²) in [5.74, 6) is -2.88. The number of aliphatic carboxylic acids is 1. The van der Waals surface area contributed by atoms with Crippen molar-refractivity contribution in [3.63, 3.8) is 0 Å². The molecule has 0 aromatic carbocycles. The van der Waals surface area contributed by atoms with E-state index in [1.54, 1.807) is 0 Å². The van der Waals surface area contributed by atoms with Crippen molar-refractivity contribution in [3.05, 3.63) is 11.8 Å². The minimum atomic E-state index is -5.08. The van der Waals surface area contributed by atoms with Crippen molar-refractivity contribution in [1.29, 1.82) is 0 Å². The molecule has 0 saturated carbocycles. The van der Waals surface area contributed by atoms with Crippen LogP contribution in [0.25, 0.3) is 0 Å². The number of carboxylic acid groups (broad SMARTS) is 1. The van der Waals surface area contributed by atoms with Crippen LogP contribution in [0.2, 0.25) is 0 Å². The van der Waals surface area contributed by atoms with Crippen molar-refractivity contribution in [3.8, 4) is 0 Å². The van der Waals surface area contributed by atoms with E-state index in [4.69, 9.17) is 9.90 Å². The number of hydrazine groups is 1. The van der Waals surface area contributed by atoms with Gasteiger partial charge in [0.15, 0.2) is 0 Å². The van der Waals surface area contributed by atoms with Gasteiger partial charge in [-0.15, -0.1) is 0 Å². The highest BCUT2D eigenvalue weighted by Gasteiger charge is 2.38. The zero-order valence-corrected chi connectivity index (χ0v) is 8.28. The highest BCUT2D eigenvalue weighted by atomic mass is 19.4. The molecule has 2 heterocycles. The SMILES string of the molecule is O=C(O)C(F)(F)F.O=C1N=CC=C2NNCC12. The van der Waals surface area contributed by atoms with Crippen LogP contribution in [0.15, 0.2) is 16.8 Å². The van der Waals surface area contributed by atoms with E-state index in [9.17, 15) is 18.0 Å². The molecule has 6 nitrogen and oxygen atoms in total. The van der Waals surface area contributed by atoms with Gasteiger partial charge in [-0.2, -0.15) is 13.2 Å². The Balaban J connectivity index is 0.000000185. The average molecular weight is 251 g/mol. The Kier molecular flexibility index (Phi) is 3.84. The van der Waals surface area contributed by atoms with Crippen molar-refractivity contribution in [2.45, 2.75) is 6.18 Å². The Morgan fingerprint density at radius 3 is 2.59 bits per heavy atom. The Hall–Kier alpha value is -1.90. The van der Waals surface area contributed by atoms with Crippen LogP contribution in [0, 0.1) is 5.92 Å². The number of halogens is 3. The molecule has 2 rings (SSSR count). The molecule has 0 aliphatic carbocycles. The van der Waals surface area contributed by atoms with Gasteiger partial charge in [-0.1, -0.05) is 0 Å². The first-order valence-electron chi connectivity index (χ1n) is 4.39. The highest BCUT2D eigenvalue weighted by molar-refractivity contribution is 5.95. The Labute approximate surface area is 93.2 Å². The first kappa shape index (κ1) is 13.2. The van der Waals surface area contributed by atoms with Crippen molar-refractivity contribution >= 4 is 18.1 Å². The molecule has 1 amide bonds. The Morgan fingerprint density at radius 2 is 2.12 bits per heavy atom. The fourth-order valence-corrected chi connectivity index (χ4v) is 1.11. The molecule has 1 atom stereocenters. The molecular weight excluding hydrogens is 243 g/mol. The summed E-state index contributed by atoms with van der Waals surface area (Å²) in [6, 6.07) is 0. The van der Waals surface area contributed by atoms with Crippen LogP contribution in [0.4, 0.5) is 13.2 Å². The molecule has 0 aromatic rings. The van der Waals surface area contributed by atoms with E-state index in [-0.39, 0.29) is 11.8 Å². The minimum absolute atomic E-state index is 0.0602. The maximum absolute atomic E-state index is 11.0. The largest absolute Gasteiger partial charge is 0.490 e. The van der Waals surface area contributed by atoms with E-state index < -0.39 is 12.1 Å². The quantitative estimate of drug-likeness (QED) is 0.556. The summed E-state index contributed by atoms with van der Waals surface area (Å²) < 4.78 is 31.7. The molecule has 0 spiro atoms.